The third-order valence-corrected chi connectivity index (χ3v) is 4.96. The van der Waals surface area contributed by atoms with E-state index in [0.717, 1.165) is 5.56 Å². The van der Waals surface area contributed by atoms with Gasteiger partial charge in [0.15, 0.2) is 0 Å². The minimum absolute atomic E-state index is 0.121. The molecular formula is C13H12Cl2N2O2S. The molecule has 0 radical (unpaired) electrons. The summed E-state index contributed by atoms with van der Waals surface area (Å²) in [6.45, 7) is 1.83. The van der Waals surface area contributed by atoms with Gasteiger partial charge in [0, 0.05) is 18.9 Å². The summed E-state index contributed by atoms with van der Waals surface area (Å²) in [5.41, 5.74) is 1.31. The normalized spacial score (nSPS) is 11.6. The molecule has 0 saturated carbocycles. The lowest BCUT2D eigenvalue weighted by molar-refractivity contribution is 0.580. The summed E-state index contributed by atoms with van der Waals surface area (Å²) < 4.78 is 27.0. The molecule has 4 nitrogen and oxygen atoms in total. The minimum atomic E-state index is -3.65. The van der Waals surface area contributed by atoms with Gasteiger partial charge in [-0.2, -0.15) is 0 Å². The molecule has 0 saturated heterocycles. The Morgan fingerprint density at radius 1 is 1.25 bits per heavy atom. The Labute approximate surface area is 127 Å². The smallest absolute Gasteiger partial charge is 0.241 e. The molecule has 0 amide bonds. The molecule has 1 N–H and O–H groups in total. The number of hydrogen-bond donors (Lipinski definition) is 1. The Balaban J connectivity index is 2.25. The van der Waals surface area contributed by atoms with Crippen LogP contribution in [0.1, 0.15) is 11.1 Å². The maximum absolute atomic E-state index is 12.3. The van der Waals surface area contributed by atoms with Gasteiger partial charge >= 0.3 is 0 Å². The second kappa shape index (κ2) is 6.10. The van der Waals surface area contributed by atoms with Crippen LogP contribution < -0.4 is 4.72 Å². The van der Waals surface area contributed by atoms with Crippen LogP contribution >= 0.6 is 23.2 Å². The zero-order chi connectivity index (χ0) is 14.8. The number of aryl methyl sites for hydroxylation is 1. The number of halogens is 2. The summed E-state index contributed by atoms with van der Waals surface area (Å²) >= 11 is 11.7. The number of rotatable bonds is 4. The molecule has 0 aliphatic carbocycles. The number of benzene rings is 1. The van der Waals surface area contributed by atoms with Crippen molar-refractivity contribution in [3.05, 3.63) is 57.8 Å². The standard InChI is InChI=1S/C13H12Cl2N2O2S/c1-9-5-11(14)12(15)6-13(9)20(18,19)17-8-10-3-2-4-16-7-10/h2-7,17H,8H2,1H3. The van der Waals surface area contributed by atoms with Crippen molar-refractivity contribution in [2.45, 2.75) is 18.4 Å². The third-order valence-electron chi connectivity index (χ3n) is 2.70. The van der Waals surface area contributed by atoms with Crippen molar-refractivity contribution in [2.75, 3.05) is 0 Å². The van der Waals surface area contributed by atoms with E-state index in [4.69, 9.17) is 23.2 Å². The number of nitrogens with zero attached hydrogens (tertiary/aromatic N) is 1. The first-order chi connectivity index (χ1) is 9.40. The fraction of sp³-hybridized carbons (Fsp3) is 0.154. The van der Waals surface area contributed by atoms with Gasteiger partial charge < -0.3 is 0 Å². The molecule has 0 unspecified atom stereocenters. The van der Waals surface area contributed by atoms with Crippen LogP contribution in [-0.4, -0.2) is 13.4 Å². The molecule has 0 atom stereocenters. The van der Waals surface area contributed by atoms with Crippen LogP contribution in [0.4, 0.5) is 0 Å². The van der Waals surface area contributed by atoms with Crippen molar-refractivity contribution >= 4 is 33.2 Å². The summed E-state index contributed by atoms with van der Waals surface area (Å²) in [6.07, 6.45) is 3.23. The molecule has 0 aliphatic heterocycles. The molecule has 2 aromatic rings. The third kappa shape index (κ3) is 3.49. The minimum Gasteiger partial charge on any atom is -0.264 e. The average molecular weight is 331 g/mol. The summed E-state index contributed by atoms with van der Waals surface area (Å²) in [5, 5.41) is 0.536. The summed E-state index contributed by atoms with van der Waals surface area (Å²) in [7, 11) is -3.65. The second-order valence-electron chi connectivity index (χ2n) is 4.22. The van der Waals surface area contributed by atoms with E-state index in [-0.39, 0.29) is 16.5 Å². The second-order valence-corrected chi connectivity index (χ2v) is 6.77. The van der Waals surface area contributed by atoms with Gasteiger partial charge in [-0.15, -0.1) is 0 Å². The van der Waals surface area contributed by atoms with Crippen LogP contribution in [0.25, 0.3) is 0 Å². The molecule has 2 rings (SSSR count). The van der Waals surface area contributed by atoms with Gasteiger partial charge in [0.2, 0.25) is 10.0 Å². The van der Waals surface area contributed by atoms with Crippen LogP contribution in [0.5, 0.6) is 0 Å². The van der Waals surface area contributed by atoms with Gasteiger partial charge in [-0.25, -0.2) is 13.1 Å². The Bertz CT molecular complexity index is 719. The van der Waals surface area contributed by atoms with Crippen LogP contribution in [-0.2, 0) is 16.6 Å². The Morgan fingerprint density at radius 3 is 2.60 bits per heavy atom. The van der Waals surface area contributed by atoms with Crippen molar-refractivity contribution in [2.24, 2.45) is 0 Å². The first kappa shape index (κ1) is 15.3. The SMILES string of the molecule is Cc1cc(Cl)c(Cl)cc1S(=O)(=O)NCc1cccnc1. The number of hydrogen-bond acceptors (Lipinski definition) is 3. The number of nitrogens with one attached hydrogen (secondary N) is 1. The van der Waals surface area contributed by atoms with Crippen molar-refractivity contribution in [1.29, 1.82) is 0 Å². The predicted molar refractivity (Wildman–Crippen MR) is 79.5 cm³/mol. The highest BCUT2D eigenvalue weighted by Crippen LogP contribution is 2.28. The van der Waals surface area contributed by atoms with Gasteiger partial charge in [-0.05, 0) is 36.2 Å². The van der Waals surface area contributed by atoms with Crippen LogP contribution in [0, 0.1) is 6.92 Å². The van der Waals surface area contributed by atoms with E-state index in [1.165, 1.54) is 12.1 Å². The first-order valence-electron chi connectivity index (χ1n) is 5.74. The average Bonchev–Trinajstić information content (AvgIpc) is 2.42. The molecule has 7 heteroatoms. The van der Waals surface area contributed by atoms with Gasteiger partial charge in [-0.1, -0.05) is 29.3 Å². The molecule has 20 heavy (non-hydrogen) atoms. The first-order valence-corrected chi connectivity index (χ1v) is 7.98. The van der Waals surface area contributed by atoms with Gasteiger partial charge in [0.05, 0.1) is 14.9 Å². The number of pyridine rings is 1. The lowest BCUT2D eigenvalue weighted by atomic mass is 10.2. The summed E-state index contributed by atoms with van der Waals surface area (Å²) in [6, 6.07) is 6.42. The fourth-order valence-electron chi connectivity index (χ4n) is 1.68. The predicted octanol–water partition coefficient (Wildman–Crippen LogP) is 3.18. The molecule has 0 bridgehead atoms. The topological polar surface area (TPSA) is 59.1 Å². The van der Waals surface area contributed by atoms with Crippen molar-refractivity contribution in [1.82, 2.24) is 9.71 Å². The van der Waals surface area contributed by atoms with E-state index in [9.17, 15) is 8.42 Å². The zero-order valence-corrected chi connectivity index (χ0v) is 12.9. The van der Waals surface area contributed by atoms with E-state index in [2.05, 4.69) is 9.71 Å². The maximum Gasteiger partial charge on any atom is 0.241 e. The lowest BCUT2D eigenvalue weighted by Gasteiger charge is -2.10. The van der Waals surface area contributed by atoms with E-state index in [1.807, 2.05) is 0 Å². The van der Waals surface area contributed by atoms with Crippen LogP contribution in [0.2, 0.25) is 10.0 Å². The molecule has 0 aliphatic rings. The van der Waals surface area contributed by atoms with E-state index < -0.39 is 10.0 Å². The zero-order valence-electron chi connectivity index (χ0n) is 10.6. The Morgan fingerprint density at radius 2 is 1.95 bits per heavy atom. The summed E-state index contributed by atoms with van der Waals surface area (Å²) in [5.74, 6) is 0. The molecule has 0 fully saturated rings. The van der Waals surface area contributed by atoms with Gasteiger partial charge in [-0.3, -0.25) is 4.98 Å². The highest BCUT2D eigenvalue weighted by Gasteiger charge is 2.18. The molecule has 0 spiro atoms. The van der Waals surface area contributed by atoms with Crippen molar-refractivity contribution < 1.29 is 8.42 Å². The van der Waals surface area contributed by atoms with E-state index in [0.29, 0.717) is 10.6 Å². The van der Waals surface area contributed by atoms with Crippen LogP contribution in [0.3, 0.4) is 0 Å². The summed E-state index contributed by atoms with van der Waals surface area (Å²) in [4.78, 5) is 4.05. The Kier molecular flexibility index (Phi) is 4.65. The monoisotopic (exact) mass is 330 g/mol. The number of sulfonamides is 1. The maximum atomic E-state index is 12.3. The van der Waals surface area contributed by atoms with Crippen molar-refractivity contribution in [3.8, 4) is 0 Å². The van der Waals surface area contributed by atoms with Gasteiger partial charge in [0.1, 0.15) is 0 Å². The Hall–Kier alpha value is -1.14. The highest BCUT2D eigenvalue weighted by atomic mass is 35.5. The molecular weight excluding hydrogens is 319 g/mol. The lowest BCUT2D eigenvalue weighted by Crippen LogP contribution is -2.24. The molecule has 1 aromatic carbocycles. The van der Waals surface area contributed by atoms with E-state index >= 15 is 0 Å². The van der Waals surface area contributed by atoms with Gasteiger partial charge in [0.25, 0.3) is 0 Å². The van der Waals surface area contributed by atoms with Crippen molar-refractivity contribution in [3.63, 3.8) is 0 Å². The fourth-order valence-corrected chi connectivity index (χ4v) is 3.39. The molecule has 106 valence electrons. The molecule has 1 heterocycles. The largest absolute Gasteiger partial charge is 0.264 e. The quantitative estimate of drug-likeness (QED) is 0.936. The van der Waals surface area contributed by atoms with E-state index in [1.54, 1.807) is 31.5 Å². The number of aromatic nitrogens is 1. The molecule has 1 aromatic heterocycles. The van der Waals surface area contributed by atoms with Crippen LogP contribution in [0.15, 0.2) is 41.6 Å². The highest BCUT2D eigenvalue weighted by molar-refractivity contribution is 7.89.